The second kappa shape index (κ2) is 12.4. The second-order valence-electron chi connectivity index (χ2n) is 8.96. The van der Waals surface area contributed by atoms with Gasteiger partial charge in [0.05, 0.1) is 5.70 Å². The molecule has 0 saturated heterocycles. The van der Waals surface area contributed by atoms with Crippen molar-refractivity contribution in [1.82, 2.24) is 15.0 Å². The van der Waals surface area contributed by atoms with Crippen molar-refractivity contribution in [2.24, 2.45) is 0 Å². The average Bonchev–Trinajstić information content (AvgIpc) is 2.97. The first kappa shape index (κ1) is 29.3. The molecule has 5 N–H and O–H groups in total. The number of rotatable bonds is 10. The molecule has 0 bridgehead atoms. The van der Waals surface area contributed by atoms with Crippen LogP contribution in [0.2, 0.25) is 0 Å². The Balaban J connectivity index is 1.67. The molecular weight excluding hydrogens is 592 g/mol. The fourth-order valence-corrected chi connectivity index (χ4v) is 5.43. The molecular formula is C29H24N6O6S2. The second-order valence-corrected chi connectivity index (χ2v) is 11.7. The van der Waals surface area contributed by atoms with Crippen molar-refractivity contribution in [3.63, 3.8) is 0 Å². The van der Waals surface area contributed by atoms with E-state index in [0.29, 0.717) is 11.4 Å². The Morgan fingerprint density at radius 2 is 1.00 bits per heavy atom. The van der Waals surface area contributed by atoms with Crippen molar-refractivity contribution >= 4 is 61.2 Å². The maximum absolute atomic E-state index is 12.3. The van der Waals surface area contributed by atoms with Crippen LogP contribution in [0.5, 0.6) is 0 Å². The van der Waals surface area contributed by atoms with Crippen molar-refractivity contribution in [2.75, 3.05) is 16.0 Å². The Kier molecular flexibility index (Phi) is 8.45. The van der Waals surface area contributed by atoms with Gasteiger partial charge >= 0.3 is 0 Å². The van der Waals surface area contributed by atoms with E-state index < -0.39 is 30.0 Å². The van der Waals surface area contributed by atoms with Gasteiger partial charge in [0.15, 0.2) is 0 Å². The number of benzene rings is 4. The molecule has 43 heavy (non-hydrogen) atoms. The van der Waals surface area contributed by atoms with Crippen LogP contribution in [0.4, 0.5) is 29.2 Å². The molecule has 218 valence electrons. The zero-order valence-electron chi connectivity index (χ0n) is 22.2. The molecule has 0 radical (unpaired) electrons. The lowest BCUT2D eigenvalue weighted by atomic mass is 10.1. The molecule has 0 spiro atoms. The molecule has 5 aromatic rings. The highest BCUT2D eigenvalue weighted by Gasteiger charge is 2.21. The third kappa shape index (κ3) is 7.58. The van der Waals surface area contributed by atoms with Crippen molar-refractivity contribution in [3.8, 4) is 0 Å². The van der Waals surface area contributed by atoms with Gasteiger partial charge in [-0.2, -0.15) is 31.8 Å². The van der Waals surface area contributed by atoms with Gasteiger partial charge in [0, 0.05) is 16.9 Å². The number of hydrogen-bond acceptors (Lipinski definition) is 10. The predicted molar refractivity (Wildman–Crippen MR) is 163 cm³/mol. The summed E-state index contributed by atoms with van der Waals surface area (Å²) >= 11 is 0. The van der Waals surface area contributed by atoms with Crippen LogP contribution in [-0.4, -0.2) is 40.9 Å². The van der Waals surface area contributed by atoms with Crippen LogP contribution in [0.1, 0.15) is 11.1 Å². The molecule has 4 aromatic carbocycles. The Morgan fingerprint density at radius 3 is 1.53 bits per heavy atom. The number of anilines is 5. The van der Waals surface area contributed by atoms with Crippen molar-refractivity contribution in [2.45, 2.75) is 9.79 Å². The first-order valence-electron chi connectivity index (χ1n) is 12.6. The standard InChI is InChI=1S/C29H24N6O6S2/c36-42(37,38)25-17-9-7-11-20(25)19-24(23-16-8-10-18-26(23)43(39,40)41)32-29-34-27(30-21-12-3-1-4-13-21)33-28(35-29)31-22-14-5-2-6-15-22/h1-19H,(H,36,37,38)(H,39,40,41)(H3,30,31,32,33,34,35). The van der Waals surface area contributed by atoms with E-state index in [-0.39, 0.29) is 34.7 Å². The van der Waals surface area contributed by atoms with Crippen LogP contribution in [0, 0.1) is 0 Å². The highest BCUT2D eigenvalue weighted by atomic mass is 32.2. The van der Waals surface area contributed by atoms with Crippen LogP contribution in [0.3, 0.4) is 0 Å². The molecule has 12 nitrogen and oxygen atoms in total. The molecule has 0 unspecified atom stereocenters. The number of hydrogen-bond donors (Lipinski definition) is 5. The summed E-state index contributed by atoms with van der Waals surface area (Å²) in [5.41, 5.74) is 1.36. The Labute approximate surface area is 247 Å². The summed E-state index contributed by atoms with van der Waals surface area (Å²) in [4.78, 5) is 12.4. The van der Waals surface area contributed by atoms with E-state index in [1.165, 1.54) is 48.5 Å². The first-order chi connectivity index (χ1) is 20.6. The molecule has 0 fully saturated rings. The Bertz CT molecular complexity index is 1950. The Morgan fingerprint density at radius 1 is 0.558 bits per heavy atom. The number of nitrogens with one attached hydrogen (secondary N) is 3. The van der Waals surface area contributed by atoms with Gasteiger partial charge in [-0.1, -0.05) is 72.8 Å². The summed E-state index contributed by atoms with van der Waals surface area (Å²) in [6.07, 6.45) is 1.30. The fraction of sp³-hybridized carbons (Fsp3) is 0. The van der Waals surface area contributed by atoms with Gasteiger partial charge in [-0.15, -0.1) is 0 Å². The highest BCUT2D eigenvalue weighted by Crippen LogP contribution is 2.29. The minimum atomic E-state index is -4.73. The van der Waals surface area contributed by atoms with Gasteiger partial charge in [0.2, 0.25) is 17.8 Å². The fourth-order valence-electron chi connectivity index (χ4n) is 4.05. The van der Waals surface area contributed by atoms with Crippen LogP contribution >= 0.6 is 0 Å². The SMILES string of the molecule is O=S(=O)(O)c1ccccc1C=C(Nc1nc(Nc2ccccc2)nc(Nc2ccccc2)n1)c1ccccc1S(=O)(=O)O. The largest absolute Gasteiger partial charge is 0.324 e. The average molecular weight is 617 g/mol. The third-order valence-corrected chi connectivity index (χ3v) is 7.73. The number of aromatic nitrogens is 3. The van der Waals surface area contributed by atoms with Crippen LogP contribution in [0.25, 0.3) is 11.8 Å². The normalized spacial score (nSPS) is 12.0. The van der Waals surface area contributed by atoms with Gasteiger partial charge in [0.1, 0.15) is 9.79 Å². The molecule has 0 atom stereocenters. The summed E-state index contributed by atoms with van der Waals surface area (Å²) in [5, 5.41) is 9.13. The molecule has 1 aromatic heterocycles. The minimum absolute atomic E-state index is 0.00755. The van der Waals surface area contributed by atoms with E-state index in [1.54, 1.807) is 30.3 Å². The minimum Gasteiger partial charge on any atom is -0.324 e. The first-order valence-corrected chi connectivity index (χ1v) is 15.5. The van der Waals surface area contributed by atoms with Crippen LogP contribution in [0.15, 0.2) is 119 Å². The van der Waals surface area contributed by atoms with Crippen molar-refractivity contribution in [3.05, 3.63) is 120 Å². The maximum atomic E-state index is 12.3. The monoisotopic (exact) mass is 616 g/mol. The maximum Gasteiger partial charge on any atom is 0.295 e. The molecule has 0 saturated carbocycles. The van der Waals surface area contributed by atoms with Gasteiger partial charge in [-0.3, -0.25) is 9.11 Å². The molecule has 14 heteroatoms. The Hall–Kier alpha value is -5.15. The molecule has 5 rings (SSSR count). The van der Waals surface area contributed by atoms with E-state index in [4.69, 9.17) is 0 Å². The molecule has 0 aliphatic rings. The number of para-hydroxylation sites is 2. The highest BCUT2D eigenvalue weighted by molar-refractivity contribution is 7.86. The quantitative estimate of drug-likeness (QED) is 0.0987. The van der Waals surface area contributed by atoms with Crippen LogP contribution < -0.4 is 16.0 Å². The molecule has 0 amide bonds. The predicted octanol–water partition coefficient (Wildman–Crippen LogP) is 5.46. The van der Waals surface area contributed by atoms with Crippen molar-refractivity contribution < 1.29 is 25.9 Å². The summed E-state index contributed by atoms with van der Waals surface area (Å²) in [7, 11) is -9.38. The van der Waals surface area contributed by atoms with E-state index in [9.17, 15) is 25.9 Å². The zero-order valence-corrected chi connectivity index (χ0v) is 23.8. The van der Waals surface area contributed by atoms with Gasteiger partial charge in [-0.25, -0.2) is 0 Å². The van der Waals surface area contributed by atoms with Gasteiger partial charge in [0.25, 0.3) is 20.2 Å². The van der Waals surface area contributed by atoms with E-state index in [1.807, 2.05) is 36.4 Å². The smallest absolute Gasteiger partial charge is 0.295 e. The van der Waals surface area contributed by atoms with E-state index in [2.05, 4.69) is 30.9 Å². The summed E-state index contributed by atoms with van der Waals surface area (Å²) < 4.78 is 68.6. The number of nitrogens with zero attached hydrogens (tertiary/aromatic N) is 3. The lowest BCUT2D eigenvalue weighted by Crippen LogP contribution is -2.11. The van der Waals surface area contributed by atoms with E-state index in [0.717, 1.165) is 0 Å². The summed E-state index contributed by atoms with van der Waals surface area (Å²) in [5.74, 6) is 0.193. The zero-order chi connectivity index (χ0) is 30.5. The molecule has 1 heterocycles. The topological polar surface area (TPSA) is 183 Å². The van der Waals surface area contributed by atoms with Crippen molar-refractivity contribution in [1.29, 1.82) is 0 Å². The molecule has 0 aliphatic carbocycles. The lowest BCUT2D eigenvalue weighted by molar-refractivity contribution is 0.480. The third-order valence-electron chi connectivity index (χ3n) is 5.89. The summed E-state index contributed by atoms with van der Waals surface area (Å²) in [6, 6.07) is 29.4. The van der Waals surface area contributed by atoms with Gasteiger partial charge in [-0.05, 0) is 48.0 Å². The lowest BCUT2D eigenvalue weighted by Gasteiger charge is -2.16. The van der Waals surface area contributed by atoms with E-state index >= 15 is 0 Å². The summed E-state index contributed by atoms with van der Waals surface area (Å²) in [6.45, 7) is 0. The van der Waals surface area contributed by atoms with Crippen LogP contribution in [-0.2, 0) is 20.2 Å². The molecule has 0 aliphatic heterocycles. The van der Waals surface area contributed by atoms with Gasteiger partial charge < -0.3 is 16.0 Å².